The van der Waals surface area contributed by atoms with E-state index >= 15 is 0 Å². The Morgan fingerprint density at radius 2 is 1.90 bits per heavy atom. The van der Waals surface area contributed by atoms with Gasteiger partial charge in [0.25, 0.3) is 5.91 Å². The highest BCUT2D eigenvalue weighted by Gasteiger charge is 2.20. The van der Waals surface area contributed by atoms with Gasteiger partial charge in [-0.25, -0.2) is 4.98 Å². The zero-order valence-electron chi connectivity index (χ0n) is 11.2. The summed E-state index contributed by atoms with van der Waals surface area (Å²) in [4.78, 5) is 26.7. The van der Waals surface area contributed by atoms with Crippen LogP contribution in [0.1, 0.15) is 21.8 Å². The van der Waals surface area contributed by atoms with Gasteiger partial charge in [0.15, 0.2) is 0 Å². The smallest absolute Gasteiger partial charge is 0.312 e. The zero-order valence-corrected chi connectivity index (χ0v) is 11.2. The van der Waals surface area contributed by atoms with E-state index in [0.717, 1.165) is 0 Å². The largest absolute Gasteiger partial charge is 0.481 e. The molecule has 0 bridgehead atoms. The lowest BCUT2D eigenvalue weighted by atomic mass is 9.99. The highest BCUT2D eigenvalue weighted by atomic mass is 16.4. The van der Waals surface area contributed by atoms with Crippen molar-refractivity contribution in [2.75, 3.05) is 11.9 Å². The molecule has 0 fully saturated rings. The Morgan fingerprint density at radius 3 is 2.52 bits per heavy atom. The van der Waals surface area contributed by atoms with Crippen LogP contribution in [-0.4, -0.2) is 28.5 Å². The Balaban J connectivity index is 2.17. The van der Waals surface area contributed by atoms with Crippen molar-refractivity contribution >= 4 is 17.7 Å². The Morgan fingerprint density at radius 1 is 1.19 bits per heavy atom. The van der Waals surface area contributed by atoms with Crippen molar-refractivity contribution in [2.24, 2.45) is 5.73 Å². The maximum Gasteiger partial charge on any atom is 0.312 e. The molecule has 0 saturated heterocycles. The minimum absolute atomic E-state index is 0.108. The number of nitrogens with two attached hydrogens (primary N) is 1. The fourth-order valence-corrected chi connectivity index (χ4v) is 1.98. The highest BCUT2D eigenvalue weighted by Crippen LogP contribution is 2.18. The van der Waals surface area contributed by atoms with Crippen LogP contribution >= 0.6 is 0 Å². The summed E-state index contributed by atoms with van der Waals surface area (Å²) in [6.45, 7) is 0.108. The third-order valence-electron chi connectivity index (χ3n) is 3.05. The molecule has 0 aliphatic heterocycles. The van der Waals surface area contributed by atoms with E-state index < -0.39 is 17.8 Å². The normalized spacial score (nSPS) is 11.6. The monoisotopic (exact) mass is 285 g/mol. The zero-order chi connectivity index (χ0) is 15.2. The molecule has 21 heavy (non-hydrogen) atoms. The van der Waals surface area contributed by atoms with E-state index in [0.29, 0.717) is 5.56 Å². The van der Waals surface area contributed by atoms with Gasteiger partial charge in [0, 0.05) is 12.7 Å². The lowest BCUT2D eigenvalue weighted by Gasteiger charge is -2.15. The number of benzene rings is 1. The molecule has 1 aromatic heterocycles. The van der Waals surface area contributed by atoms with Crippen molar-refractivity contribution in [1.29, 1.82) is 0 Å². The molecule has 1 atom stereocenters. The van der Waals surface area contributed by atoms with Gasteiger partial charge in [-0.2, -0.15) is 0 Å². The molecule has 6 heteroatoms. The Labute approximate surface area is 121 Å². The number of anilines is 1. The number of carboxylic acids is 1. The van der Waals surface area contributed by atoms with Gasteiger partial charge in [0.1, 0.15) is 5.82 Å². The summed E-state index contributed by atoms with van der Waals surface area (Å²) in [5.41, 5.74) is 6.16. The standard InChI is InChI=1S/C15H15N3O3/c16-13(19)11-7-4-8-17-14(11)18-9-12(15(20)21)10-5-2-1-3-6-10/h1-8,12H,9H2,(H2,16,19)(H,17,18)(H,20,21). The summed E-state index contributed by atoms with van der Waals surface area (Å²) in [6.07, 6.45) is 1.51. The van der Waals surface area contributed by atoms with Gasteiger partial charge >= 0.3 is 5.97 Å². The molecule has 4 N–H and O–H groups in total. The van der Waals surface area contributed by atoms with Crippen molar-refractivity contribution < 1.29 is 14.7 Å². The fourth-order valence-electron chi connectivity index (χ4n) is 1.98. The minimum Gasteiger partial charge on any atom is -0.481 e. The molecule has 2 rings (SSSR count). The summed E-state index contributed by atoms with van der Waals surface area (Å²) < 4.78 is 0. The molecular weight excluding hydrogens is 270 g/mol. The second kappa shape index (κ2) is 6.51. The number of carbonyl (C=O) groups excluding carboxylic acids is 1. The highest BCUT2D eigenvalue weighted by molar-refractivity contribution is 5.97. The predicted molar refractivity (Wildman–Crippen MR) is 78.1 cm³/mol. The fraction of sp³-hybridized carbons (Fsp3) is 0.133. The van der Waals surface area contributed by atoms with Crippen LogP contribution in [-0.2, 0) is 4.79 Å². The van der Waals surface area contributed by atoms with Gasteiger partial charge < -0.3 is 16.2 Å². The molecule has 1 heterocycles. The van der Waals surface area contributed by atoms with Crippen LogP contribution in [0, 0.1) is 0 Å². The summed E-state index contributed by atoms with van der Waals surface area (Å²) >= 11 is 0. The minimum atomic E-state index is -0.953. The van der Waals surface area contributed by atoms with Gasteiger partial charge in [-0.15, -0.1) is 0 Å². The number of hydrogen-bond acceptors (Lipinski definition) is 4. The lowest BCUT2D eigenvalue weighted by molar-refractivity contribution is -0.138. The van der Waals surface area contributed by atoms with Crippen molar-refractivity contribution in [2.45, 2.75) is 5.92 Å². The van der Waals surface area contributed by atoms with Crippen molar-refractivity contribution in [3.8, 4) is 0 Å². The van der Waals surface area contributed by atoms with Crippen LogP contribution in [0.2, 0.25) is 0 Å². The first-order valence-corrected chi connectivity index (χ1v) is 6.36. The molecule has 2 aromatic rings. The topological polar surface area (TPSA) is 105 Å². The van der Waals surface area contributed by atoms with Gasteiger partial charge in [-0.1, -0.05) is 30.3 Å². The molecule has 0 aliphatic rings. The first-order chi connectivity index (χ1) is 10.1. The van der Waals surface area contributed by atoms with Crippen molar-refractivity contribution in [1.82, 2.24) is 4.98 Å². The number of primary amides is 1. The summed E-state index contributed by atoms with van der Waals surface area (Å²) in [5.74, 6) is -2.02. The van der Waals surface area contributed by atoms with Crippen LogP contribution in [0.25, 0.3) is 0 Å². The van der Waals surface area contributed by atoms with E-state index in [2.05, 4.69) is 10.3 Å². The van der Waals surface area contributed by atoms with Crippen molar-refractivity contribution in [3.05, 3.63) is 59.8 Å². The van der Waals surface area contributed by atoms with Crippen LogP contribution in [0.15, 0.2) is 48.7 Å². The number of rotatable bonds is 6. The summed E-state index contributed by atoms with van der Waals surface area (Å²) in [7, 11) is 0. The molecule has 0 saturated carbocycles. The summed E-state index contributed by atoms with van der Waals surface area (Å²) in [6, 6.07) is 12.0. The molecular formula is C15H15N3O3. The number of amides is 1. The number of aliphatic carboxylic acids is 1. The van der Waals surface area contributed by atoms with Gasteiger partial charge in [0.05, 0.1) is 11.5 Å². The number of nitrogens with one attached hydrogen (secondary N) is 1. The molecule has 1 aromatic carbocycles. The second-order valence-corrected chi connectivity index (χ2v) is 4.45. The summed E-state index contributed by atoms with van der Waals surface area (Å²) in [5, 5.41) is 12.2. The van der Waals surface area contributed by atoms with E-state index in [1.54, 1.807) is 30.3 Å². The molecule has 1 unspecified atom stereocenters. The van der Waals surface area contributed by atoms with E-state index in [-0.39, 0.29) is 17.9 Å². The number of pyridine rings is 1. The average Bonchev–Trinajstić information content (AvgIpc) is 2.48. The van der Waals surface area contributed by atoms with E-state index in [4.69, 9.17) is 5.73 Å². The van der Waals surface area contributed by atoms with Gasteiger partial charge in [-0.3, -0.25) is 9.59 Å². The van der Waals surface area contributed by atoms with Crippen LogP contribution in [0.4, 0.5) is 5.82 Å². The maximum absolute atomic E-state index is 11.4. The van der Waals surface area contributed by atoms with Crippen LogP contribution < -0.4 is 11.1 Å². The first-order valence-electron chi connectivity index (χ1n) is 6.36. The quantitative estimate of drug-likeness (QED) is 0.745. The molecule has 0 spiro atoms. The van der Waals surface area contributed by atoms with E-state index in [1.807, 2.05) is 6.07 Å². The van der Waals surface area contributed by atoms with Gasteiger partial charge in [-0.05, 0) is 17.7 Å². The van der Waals surface area contributed by atoms with Crippen LogP contribution in [0.5, 0.6) is 0 Å². The second-order valence-electron chi connectivity index (χ2n) is 4.45. The number of aromatic nitrogens is 1. The number of nitrogens with zero attached hydrogens (tertiary/aromatic N) is 1. The number of carboxylic acid groups (broad SMARTS) is 1. The molecule has 0 aliphatic carbocycles. The van der Waals surface area contributed by atoms with E-state index in [1.165, 1.54) is 12.3 Å². The predicted octanol–water partition coefficient (Wildman–Crippen LogP) is 1.46. The first kappa shape index (κ1) is 14.5. The molecule has 108 valence electrons. The molecule has 0 radical (unpaired) electrons. The van der Waals surface area contributed by atoms with Crippen molar-refractivity contribution in [3.63, 3.8) is 0 Å². The number of carbonyl (C=O) groups is 2. The Hall–Kier alpha value is -2.89. The molecule has 6 nitrogen and oxygen atoms in total. The Kier molecular flexibility index (Phi) is 4.50. The lowest BCUT2D eigenvalue weighted by Crippen LogP contribution is -2.23. The Bertz CT molecular complexity index is 644. The average molecular weight is 285 g/mol. The third-order valence-corrected chi connectivity index (χ3v) is 3.05. The van der Waals surface area contributed by atoms with Crippen LogP contribution in [0.3, 0.4) is 0 Å². The molecule has 1 amide bonds. The number of hydrogen-bond donors (Lipinski definition) is 3. The SMILES string of the molecule is NC(=O)c1cccnc1NCC(C(=O)O)c1ccccc1. The van der Waals surface area contributed by atoms with Gasteiger partial charge in [0.2, 0.25) is 0 Å². The third kappa shape index (κ3) is 3.56. The van der Waals surface area contributed by atoms with E-state index in [9.17, 15) is 14.7 Å². The maximum atomic E-state index is 11.4.